The van der Waals surface area contributed by atoms with Gasteiger partial charge in [-0.15, -0.1) is 0 Å². The van der Waals surface area contributed by atoms with Crippen LogP contribution < -0.4 is 5.32 Å². The minimum absolute atomic E-state index is 0.121. The van der Waals surface area contributed by atoms with Crippen LogP contribution in [-0.4, -0.2) is 21.9 Å². The fourth-order valence-electron chi connectivity index (χ4n) is 2.69. The van der Waals surface area contributed by atoms with Crippen molar-refractivity contribution in [2.75, 3.05) is 5.32 Å². The molecule has 0 spiro atoms. The summed E-state index contributed by atoms with van der Waals surface area (Å²) >= 11 is 5.93. The maximum Gasteiger partial charge on any atom is 0.307 e. The van der Waals surface area contributed by atoms with E-state index in [9.17, 15) is 24.8 Å². The zero-order chi connectivity index (χ0) is 16.3. The van der Waals surface area contributed by atoms with E-state index in [0.717, 1.165) is 12.8 Å². The van der Waals surface area contributed by atoms with E-state index in [1.807, 2.05) is 0 Å². The van der Waals surface area contributed by atoms with Gasteiger partial charge in [-0.3, -0.25) is 19.7 Å². The van der Waals surface area contributed by atoms with Gasteiger partial charge in [-0.25, -0.2) is 0 Å². The third kappa shape index (κ3) is 3.54. The maximum absolute atomic E-state index is 12.3. The lowest BCUT2D eigenvalue weighted by atomic mass is 9.78. The number of non-ortho nitro benzene ring substituents is 1. The first-order valence-corrected chi connectivity index (χ1v) is 7.25. The molecular weight excluding hydrogens is 312 g/mol. The highest BCUT2D eigenvalue weighted by atomic mass is 35.5. The molecule has 2 rings (SSSR count). The number of nitrogens with zero attached hydrogens (tertiary/aromatic N) is 1. The molecule has 22 heavy (non-hydrogen) atoms. The number of carboxylic acid groups (broad SMARTS) is 1. The maximum atomic E-state index is 12.3. The molecule has 1 amide bonds. The van der Waals surface area contributed by atoms with Crippen molar-refractivity contribution in [3.8, 4) is 0 Å². The van der Waals surface area contributed by atoms with Gasteiger partial charge in [0.15, 0.2) is 0 Å². The zero-order valence-corrected chi connectivity index (χ0v) is 12.4. The number of aliphatic carboxylic acids is 1. The van der Waals surface area contributed by atoms with Crippen LogP contribution >= 0.6 is 11.6 Å². The number of nitro groups is 1. The average Bonchev–Trinajstić information content (AvgIpc) is 2.49. The molecule has 1 aromatic rings. The van der Waals surface area contributed by atoms with Crippen molar-refractivity contribution in [3.63, 3.8) is 0 Å². The van der Waals surface area contributed by atoms with Crippen molar-refractivity contribution in [1.82, 2.24) is 0 Å². The summed E-state index contributed by atoms with van der Waals surface area (Å²) in [5.41, 5.74) is -0.0753. The van der Waals surface area contributed by atoms with Gasteiger partial charge in [-0.2, -0.15) is 0 Å². The summed E-state index contributed by atoms with van der Waals surface area (Å²) in [6.45, 7) is 0. The molecular formula is C14H15ClN2O5. The number of hydrogen-bond donors (Lipinski definition) is 2. The monoisotopic (exact) mass is 326 g/mol. The number of nitro benzene ring substituents is 1. The normalized spacial score (nSPS) is 21.1. The molecule has 1 fully saturated rings. The second-order valence-corrected chi connectivity index (χ2v) is 5.65. The zero-order valence-electron chi connectivity index (χ0n) is 11.6. The molecule has 0 aromatic heterocycles. The second-order valence-electron chi connectivity index (χ2n) is 5.25. The van der Waals surface area contributed by atoms with Gasteiger partial charge < -0.3 is 10.4 Å². The van der Waals surface area contributed by atoms with E-state index in [2.05, 4.69) is 5.32 Å². The first-order chi connectivity index (χ1) is 10.4. The van der Waals surface area contributed by atoms with E-state index in [1.54, 1.807) is 0 Å². The third-order valence-electron chi connectivity index (χ3n) is 3.84. The predicted octanol–water partition coefficient (Wildman–Crippen LogP) is 3.08. The van der Waals surface area contributed by atoms with Crippen molar-refractivity contribution in [3.05, 3.63) is 33.3 Å². The fourth-order valence-corrected chi connectivity index (χ4v) is 2.85. The largest absolute Gasteiger partial charge is 0.481 e. The number of anilines is 1. The Labute approximate surface area is 131 Å². The number of carboxylic acids is 1. The van der Waals surface area contributed by atoms with Crippen LogP contribution in [0.15, 0.2) is 18.2 Å². The van der Waals surface area contributed by atoms with E-state index in [-0.39, 0.29) is 16.4 Å². The van der Waals surface area contributed by atoms with Crippen LogP contribution in [0, 0.1) is 22.0 Å². The van der Waals surface area contributed by atoms with Crippen LogP contribution in [0.25, 0.3) is 0 Å². The number of hydrogen-bond acceptors (Lipinski definition) is 4. The summed E-state index contributed by atoms with van der Waals surface area (Å²) in [6.07, 6.45) is 2.49. The third-order valence-corrected chi connectivity index (χ3v) is 4.17. The quantitative estimate of drug-likeness (QED) is 0.652. The van der Waals surface area contributed by atoms with Gasteiger partial charge in [-0.1, -0.05) is 24.4 Å². The Balaban J connectivity index is 2.19. The van der Waals surface area contributed by atoms with Gasteiger partial charge in [0.05, 0.1) is 27.5 Å². The molecule has 2 atom stereocenters. The minimum Gasteiger partial charge on any atom is -0.481 e. The molecule has 0 heterocycles. The number of halogens is 1. The van der Waals surface area contributed by atoms with Crippen LogP contribution in [-0.2, 0) is 9.59 Å². The summed E-state index contributed by atoms with van der Waals surface area (Å²) in [4.78, 5) is 33.7. The molecule has 1 aliphatic rings. The first-order valence-electron chi connectivity index (χ1n) is 6.87. The summed E-state index contributed by atoms with van der Waals surface area (Å²) in [6, 6.07) is 3.72. The van der Waals surface area contributed by atoms with E-state index < -0.39 is 28.6 Å². The summed E-state index contributed by atoms with van der Waals surface area (Å²) in [7, 11) is 0. The second kappa shape index (κ2) is 6.74. The topological polar surface area (TPSA) is 110 Å². The van der Waals surface area contributed by atoms with Crippen LogP contribution in [0.3, 0.4) is 0 Å². The van der Waals surface area contributed by atoms with Crippen LogP contribution in [0.5, 0.6) is 0 Å². The Bertz CT molecular complexity index is 619. The van der Waals surface area contributed by atoms with Gasteiger partial charge in [0.2, 0.25) is 5.91 Å². The van der Waals surface area contributed by atoms with E-state index in [1.165, 1.54) is 18.2 Å². The van der Waals surface area contributed by atoms with E-state index in [4.69, 9.17) is 11.6 Å². The molecule has 0 aliphatic heterocycles. The number of carbonyl (C=O) groups is 2. The highest BCUT2D eigenvalue weighted by Gasteiger charge is 2.35. The van der Waals surface area contributed by atoms with Crippen molar-refractivity contribution in [2.24, 2.45) is 11.8 Å². The smallest absolute Gasteiger partial charge is 0.307 e. The highest BCUT2D eigenvalue weighted by molar-refractivity contribution is 6.33. The van der Waals surface area contributed by atoms with Crippen molar-refractivity contribution in [2.45, 2.75) is 25.7 Å². The lowest BCUT2D eigenvalue weighted by molar-refractivity contribution is -0.384. The lowest BCUT2D eigenvalue weighted by Crippen LogP contribution is -2.36. The van der Waals surface area contributed by atoms with Crippen molar-refractivity contribution >= 4 is 34.9 Å². The molecule has 0 radical (unpaired) electrons. The molecule has 1 aliphatic carbocycles. The Morgan fingerprint density at radius 1 is 1.27 bits per heavy atom. The molecule has 2 N–H and O–H groups in total. The van der Waals surface area contributed by atoms with Gasteiger partial charge in [0.25, 0.3) is 5.69 Å². The van der Waals surface area contributed by atoms with Gasteiger partial charge >= 0.3 is 5.97 Å². The van der Waals surface area contributed by atoms with Gasteiger partial charge in [0.1, 0.15) is 0 Å². The molecule has 118 valence electrons. The van der Waals surface area contributed by atoms with Gasteiger partial charge in [-0.05, 0) is 18.9 Å². The predicted molar refractivity (Wildman–Crippen MR) is 79.8 cm³/mol. The minimum atomic E-state index is -0.995. The number of benzene rings is 1. The number of nitrogens with one attached hydrogen (secondary N) is 1. The van der Waals surface area contributed by atoms with Crippen molar-refractivity contribution < 1.29 is 19.6 Å². The van der Waals surface area contributed by atoms with Gasteiger partial charge in [0, 0.05) is 12.1 Å². The molecule has 7 nitrogen and oxygen atoms in total. The van der Waals surface area contributed by atoms with E-state index >= 15 is 0 Å². The van der Waals surface area contributed by atoms with Crippen LogP contribution in [0.4, 0.5) is 11.4 Å². The Hall–Kier alpha value is -2.15. The Morgan fingerprint density at radius 2 is 1.91 bits per heavy atom. The molecule has 0 bridgehead atoms. The number of carbonyl (C=O) groups excluding carboxylic acids is 1. The number of amides is 1. The standard InChI is InChI=1S/C14H15ClN2O5/c15-11-6-5-8(17(21)22)7-12(11)16-13(18)9-3-1-2-4-10(9)14(19)20/h5-7,9-10H,1-4H2,(H,16,18)(H,19,20)/t9-,10-/m0/s1. The average molecular weight is 327 g/mol. The summed E-state index contributed by atoms with van der Waals surface area (Å²) < 4.78 is 0. The molecule has 8 heteroatoms. The summed E-state index contributed by atoms with van der Waals surface area (Å²) in [5.74, 6) is -2.84. The van der Waals surface area contributed by atoms with E-state index in [0.29, 0.717) is 12.8 Å². The fraction of sp³-hybridized carbons (Fsp3) is 0.429. The molecule has 1 aromatic carbocycles. The Kier molecular flexibility index (Phi) is 4.97. The molecule has 0 saturated heterocycles. The molecule has 1 saturated carbocycles. The first kappa shape index (κ1) is 16.2. The SMILES string of the molecule is O=C(O)[C@H]1CCCC[C@@H]1C(=O)Nc1cc([N+](=O)[O-])ccc1Cl. The lowest BCUT2D eigenvalue weighted by Gasteiger charge is -2.27. The number of rotatable bonds is 4. The summed E-state index contributed by atoms with van der Waals surface area (Å²) in [5, 5.41) is 22.7. The van der Waals surface area contributed by atoms with Crippen LogP contribution in [0.1, 0.15) is 25.7 Å². The van der Waals surface area contributed by atoms with Crippen LogP contribution in [0.2, 0.25) is 5.02 Å². The highest BCUT2D eigenvalue weighted by Crippen LogP contribution is 2.33. The molecule has 0 unspecified atom stereocenters. The Morgan fingerprint density at radius 3 is 2.50 bits per heavy atom. The van der Waals surface area contributed by atoms with Crippen molar-refractivity contribution in [1.29, 1.82) is 0 Å².